The summed E-state index contributed by atoms with van der Waals surface area (Å²) >= 11 is 0. The maximum absolute atomic E-state index is 15.2. The molecule has 0 unspecified atom stereocenters. The van der Waals surface area contributed by atoms with Crippen LogP contribution in [0.25, 0.3) is 44.3 Å². The van der Waals surface area contributed by atoms with Crippen LogP contribution in [0.2, 0.25) is 0 Å². The van der Waals surface area contributed by atoms with E-state index in [0.29, 0.717) is 36.8 Å². The van der Waals surface area contributed by atoms with Gasteiger partial charge in [0.2, 0.25) is 23.6 Å². The molecule has 360 valence electrons. The van der Waals surface area contributed by atoms with Crippen LogP contribution in [0.4, 0.5) is 8.78 Å². The van der Waals surface area contributed by atoms with Crippen molar-refractivity contribution < 1.29 is 33.1 Å². The molecule has 0 saturated carbocycles. The number of carbonyl (C=O) groups is 4. The third-order valence-corrected chi connectivity index (χ3v) is 14.1. The summed E-state index contributed by atoms with van der Waals surface area (Å²) in [7, 11) is 3.41. The lowest BCUT2D eigenvalue weighted by Gasteiger charge is -2.32. The minimum absolute atomic E-state index is 0.115. The van der Waals surface area contributed by atoms with E-state index in [1.165, 1.54) is 24.3 Å². The van der Waals surface area contributed by atoms with E-state index in [1.807, 2.05) is 66.3 Å². The number of aliphatic hydroxyl groups excluding tert-OH is 1. The van der Waals surface area contributed by atoms with Crippen molar-refractivity contribution in [1.82, 2.24) is 40.6 Å². The lowest BCUT2D eigenvalue weighted by Crippen LogP contribution is -2.55. The second-order valence-electron chi connectivity index (χ2n) is 19.2. The van der Waals surface area contributed by atoms with Crippen molar-refractivity contribution in [3.63, 3.8) is 0 Å². The molecule has 2 aromatic heterocycles. The molecule has 5 aromatic rings. The number of carbonyl (C=O) groups excluding carboxylic acids is 4. The Bertz CT molecular complexity index is 2590. The lowest BCUT2D eigenvalue weighted by molar-refractivity contribution is -0.138. The van der Waals surface area contributed by atoms with Crippen LogP contribution in [0.1, 0.15) is 78.4 Å². The molecule has 15 heteroatoms. The first-order valence-corrected chi connectivity index (χ1v) is 23.9. The molecule has 0 radical (unpaired) electrons. The SMILES string of the molecule is CN[C@H](C)C(=O)N[C@H](C(=O)N1CCC[C@@H]1Cc1c(-c2ccc(-c3c(C[C@H]4CCCN4C(=O)[C@@H](NC(=O)[C@@H](C)NC)C(C)C)c4cc(F)ccc4n3CCO)cc2)[nH]c2cc(F)ccc12)C(C)C. The van der Waals surface area contributed by atoms with Crippen molar-refractivity contribution in [3.05, 3.63) is 83.4 Å². The smallest absolute Gasteiger partial charge is 0.245 e. The predicted octanol–water partition coefficient (Wildman–Crippen LogP) is 6.29. The normalized spacial score (nSPS) is 18.3. The Morgan fingerprint density at radius 2 is 1.19 bits per heavy atom. The van der Waals surface area contributed by atoms with Crippen LogP contribution in [-0.4, -0.2) is 118 Å². The Labute approximate surface area is 392 Å². The van der Waals surface area contributed by atoms with Crippen molar-refractivity contribution in [2.75, 3.05) is 33.8 Å². The molecule has 2 aliphatic rings. The van der Waals surface area contributed by atoms with Gasteiger partial charge in [-0.1, -0.05) is 52.0 Å². The van der Waals surface area contributed by atoms with E-state index in [0.717, 1.165) is 70.2 Å². The molecule has 4 amide bonds. The third-order valence-electron chi connectivity index (χ3n) is 14.1. The molecule has 6 N–H and O–H groups in total. The average molecular weight is 923 g/mol. The largest absolute Gasteiger partial charge is 0.395 e. The predicted molar refractivity (Wildman–Crippen MR) is 259 cm³/mol. The number of aliphatic hydroxyl groups is 1. The van der Waals surface area contributed by atoms with Gasteiger partial charge in [0, 0.05) is 59.2 Å². The molecule has 0 bridgehead atoms. The van der Waals surface area contributed by atoms with Gasteiger partial charge in [0.1, 0.15) is 23.7 Å². The zero-order valence-corrected chi connectivity index (χ0v) is 40.1. The number of aromatic amines is 1. The highest BCUT2D eigenvalue weighted by atomic mass is 19.1. The van der Waals surface area contributed by atoms with Gasteiger partial charge in [-0.05, 0) is 137 Å². The summed E-state index contributed by atoms with van der Waals surface area (Å²) in [6.07, 6.45) is 4.03. The number of aromatic nitrogens is 2. The van der Waals surface area contributed by atoms with Gasteiger partial charge >= 0.3 is 0 Å². The van der Waals surface area contributed by atoms with Gasteiger partial charge in [0.05, 0.1) is 24.4 Å². The molecule has 6 atom stereocenters. The number of rotatable bonds is 18. The van der Waals surface area contributed by atoms with Gasteiger partial charge in [-0.25, -0.2) is 8.78 Å². The summed E-state index contributed by atoms with van der Waals surface area (Å²) in [6, 6.07) is 14.7. The number of fused-ring (bicyclic) bond motifs is 2. The molecule has 0 aliphatic carbocycles. The lowest BCUT2D eigenvalue weighted by atomic mass is 9.94. The van der Waals surface area contributed by atoms with Crippen LogP contribution in [0.3, 0.4) is 0 Å². The monoisotopic (exact) mass is 923 g/mol. The van der Waals surface area contributed by atoms with E-state index in [9.17, 15) is 28.7 Å². The Balaban J connectivity index is 1.24. The molecule has 2 aliphatic heterocycles. The van der Waals surface area contributed by atoms with Crippen LogP contribution >= 0.6 is 0 Å². The second-order valence-corrected chi connectivity index (χ2v) is 19.2. The summed E-state index contributed by atoms with van der Waals surface area (Å²) in [6.45, 7) is 12.4. The number of nitrogens with zero attached hydrogens (tertiary/aromatic N) is 3. The van der Waals surface area contributed by atoms with Gasteiger partial charge in [-0.15, -0.1) is 0 Å². The number of H-pyrrole nitrogens is 1. The standard InChI is InChI=1S/C52H68F2N8O5/c1-29(2)45(58-49(64)31(5)55-7)51(66)60-21-9-11-37(60)27-41-39-19-17-36(54)26-43(39)57-47(41)33-13-15-34(16-14-33)48-42(40-25-35(53)18-20-44(40)62(48)23-24-63)28-38-12-10-22-61(38)52(67)46(30(3)4)59-50(65)32(6)56-8/h13-20,25-26,29-32,37-38,45-46,55-57,63H,9-12,21-24,27-28H2,1-8H3,(H,58,64)(H,59,65)/t31-,32-,37-,38-,45+,46+/m1/s1. The zero-order valence-electron chi connectivity index (χ0n) is 40.1. The molecule has 67 heavy (non-hydrogen) atoms. The zero-order chi connectivity index (χ0) is 48.3. The second kappa shape index (κ2) is 21.1. The number of likely N-dealkylation sites (tertiary alicyclic amines) is 2. The number of likely N-dealkylation sites (N-methyl/N-ethyl adjacent to an activating group) is 2. The van der Waals surface area contributed by atoms with E-state index in [4.69, 9.17) is 0 Å². The summed E-state index contributed by atoms with van der Waals surface area (Å²) < 4.78 is 32.0. The Morgan fingerprint density at radius 1 is 0.687 bits per heavy atom. The summed E-state index contributed by atoms with van der Waals surface area (Å²) in [5.41, 5.74) is 6.51. The summed E-state index contributed by atoms with van der Waals surface area (Å²) in [4.78, 5) is 61.8. The van der Waals surface area contributed by atoms with Gasteiger partial charge in [-0.3, -0.25) is 19.2 Å². The fraction of sp³-hybridized carbons (Fsp3) is 0.500. The quantitative estimate of drug-likeness (QED) is 0.0602. The Kier molecular flexibility index (Phi) is 15.5. The first-order valence-electron chi connectivity index (χ1n) is 23.9. The maximum Gasteiger partial charge on any atom is 0.245 e. The fourth-order valence-electron chi connectivity index (χ4n) is 10.1. The fourth-order valence-corrected chi connectivity index (χ4v) is 10.1. The van der Waals surface area contributed by atoms with Gasteiger partial charge in [0.15, 0.2) is 0 Å². The Hall–Kier alpha value is -5.64. The van der Waals surface area contributed by atoms with Crippen molar-refractivity contribution in [3.8, 4) is 22.5 Å². The summed E-state index contributed by atoms with van der Waals surface area (Å²) in [5.74, 6) is -1.80. The average Bonchev–Trinajstić information content (AvgIpc) is 4.12. The molecular weight excluding hydrogens is 855 g/mol. The third kappa shape index (κ3) is 10.3. The minimum Gasteiger partial charge on any atom is -0.395 e. The van der Waals surface area contributed by atoms with E-state index >= 15 is 4.39 Å². The molecule has 13 nitrogen and oxygen atoms in total. The topological polar surface area (TPSA) is 164 Å². The van der Waals surface area contributed by atoms with E-state index in [2.05, 4.69) is 26.3 Å². The summed E-state index contributed by atoms with van der Waals surface area (Å²) in [5, 5.41) is 23.8. The minimum atomic E-state index is -0.718. The highest BCUT2D eigenvalue weighted by Gasteiger charge is 2.39. The molecule has 2 saturated heterocycles. The molecule has 0 spiro atoms. The number of hydrogen-bond acceptors (Lipinski definition) is 7. The first-order chi connectivity index (χ1) is 32.1. The van der Waals surface area contributed by atoms with Gasteiger partial charge < -0.3 is 45.7 Å². The highest BCUT2D eigenvalue weighted by Crippen LogP contribution is 2.40. The molecule has 2 fully saturated rings. The maximum atomic E-state index is 15.2. The molecule has 7 rings (SSSR count). The number of benzene rings is 3. The van der Waals surface area contributed by atoms with Crippen molar-refractivity contribution in [2.24, 2.45) is 11.8 Å². The molecule has 3 aromatic carbocycles. The number of halogens is 2. The highest BCUT2D eigenvalue weighted by molar-refractivity contribution is 5.95. The van der Waals surface area contributed by atoms with Crippen LogP contribution in [0.15, 0.2) is 60.7 Å². The van der Waals surface area contributed by atoms with E-state index in [-0.39, 0.29) is 66.5 Å². The van der Waals surface area contributed by atoms with Crippen molar-refractivity contribution in [1.29, 1.82) is 0 Å². The van der Waals surface area contributed by atoms with Gasteiger partial charge in [0.25, 0.3) is 0 Å². The van der Waals surface area contributed by atoms with Crippen LogP contribution < -0.4 is 21.3 Å². The van der Waals surface area contributed by atoms with Crippen LogP contribution in [-0.2, 0) is 38.6 Å². The first kappa shape index (κ1) is 49.3. The van der Waals surface area contributed by atoms with Crippen LogP contribution in [0, 0.1) is 23.5 Å². The number of nitrogens with one attached hydrogen (secondary N) is 5. The van der Waals surface area contributed by atoms with Gasteiger partial charge in [-0.2, -0.15) is 0 Å². The number of amides is 4. The van der Waals surface area contributed by atoms with E-state index < -0.39 is 30.0 Å². The van der Waals surface area contributed by atoms with Crippen LogP contribution in [0.5, 0.6) is 0 Å². The van der Waals surface area contributed by atoms with Crippen molar-refractivity contribution in [2.45, 2.75) is 123 Å². The number of hydrogen-bond donors (Lipinski definition) is 6. The Morgan fingerprint density at radius 3 is 1.72 bits per heavy atom. The van der Waals surface area contributed by atoms with Crippen molar-refractivity contribution >= 4 is 45.4 Å². The van der Waals surface area contributed by atoms with E-state index in [1.54, 1.807) is 40.1 Å². The molecule has 4 heterocycles. The molecular formula is C52H68F2N8O5.